The third-order valence-corrected chi connectivity index (χ3v) is 3.75. The van der Waals surface area contributed by atoms with Crippen LogP contribution >= 0.6 is 15.9 Å². The number of hydrogen-bond donors (Lipinski definition) is 2. The number of anilines is 1. The highest BCUT2D eigenvalue weighted by molar-refractivity contribution is 9.10. The minimum Gasteiger partial charge on any atom is -0.323 e. The predicted octanol–water partition coefficient (Wildman–Crippen LogP) is 3.70. The van der Waals surface area contributed by atoms with Crippen LogP contribution in [0.2, 0.25) is 0 Å². The number of rotatable bonds is 3. The number of benzene rings is 2. The van der Waals surface area contributed by atoms with Gasteiger partial charge in [0.2, 0.25) is 5.91 Å². The van der Waals surface area contributed by atoms with E-state index in [1.165, 1.54) is 0 Å². The van der Waals surface area contributed by atoms with Gasteiger partial charge in [-0.3, -0.25) is 4.79 Å². The van der Waals surface area contributed by atoms with Crippen LogP contribution in [0.5, 0.6) is 0 Å². The van der Waals surface area contributed by atoms with Gasteiger partial charge in [-0.25, -0.2) is 0 Å². The van der Waals surface area contributed by atoms with Gasteiger partial charge in [-0.1, -0.05) is 36.4 Å². The molecule has 0 radical (unpaired) electrons. The fourth-order valence-electron chi connectivity index (χ4n) is 2.09. The van der Waals surface area contributed by atoms with E-state index in [1.54, 1.807) is 0 Å². The lowest BCUT2D eigenvalue weighted by Gasteiger charge is -2.16. The van der Waals surface area contributed by atoms with E-state index in [0.717, 1.165) is 26.9 Å². The number of halogens is 1. The molecule has 0 heterocycles. The van der Waals surface area contributed by atoms with Crippen LogP contribution in [0.4, 0.5) is 5.69 Å². The van der Waals surface area contributed by atoms with Crippen molar-refractivity contribution < 1.29 is 4.79 Å². The van der Waals surface area contributed by atoms with Crippen LogP contribution in [-0.4, -0.2) is 5.91 Å². The van der Waals surface area contributed by atoms with Crippen LogP contribution < -0.4 is 11.1 Å². The number of carbonyl (C=O) groups excluding carboxylic acids is 1. The van der Waals surface area contributed by atoms with Crippen molar-refractivity contribution in [3.8, 4) is 0 Å². The average Bonchev–Trinajstić information content (AvgIpc) is 2.42. The quantitative estimate of drug-likeness (QED) is 0.900. The third-order valence-electron chi connectivity index (χ3n) is 3.12. The van der Waals surface area contributed by atoms with E-state index in [2.05, 4.69) is 21.2 Å². The van der Waals surface area contributed by atoms with Crippen molar-refractivity contribution in [3.63, 3.8) is 0 Å². The molecule has 0 saturated heterocycles. The number of amides is 1. The van der Waals surface area contributed by atoms with Crippen LogP contribution in [0.1, 0.15) is 22.7 Å². The standard InChI is InChI=1S/C16H17BrN2O/c1-10-8-11(2)15(13(17)9-10)19-16(20)14(18)12-6-4-3-5-7-12/h3-9,14H,18H2,1-2H3,(H,19,20)/t14-/m1/s1. The summed E-state index contributed by atoms with van der Waals surface area (Å²) >= 11 is 3.48. The molecule has 0 saturated carbocycles. The molecule has 0 spiro atoms. The Labute approximate surface area is 127 Å². The Balaban J connectivity index is 2.20. The molecule has 0 unspecified atom stereocenters. The van der Waals surface area contributed by atoms with Crippen LogP contribution in [-0.2, 0) is 4.79 Å². The van der Waals surface area contributed by atoms with Gasteiger partial charge in [0.05, 0.1) is 5.69 Å². The summed E-state index contributed by atoms with van der Waals surface area (Å²) in [4.78, 5) is 12.2. The molecule has 20 heavy (non-hydrogen) atoms. The normalized spacial score (nSPS) is 12.0. The number of nitrogens with two attached hydrogens (primary N) is 1. The van der Waals surface area contributed by atoms with Crippen LogP contribution in [0.15, 0.2) is 46.9 Å². The smallest absolute Gasteiger partial charge is 0.245 e. The zero-order chi connectivity index (χ0) is 14.7. The Hall–Kier alpha value is -1.65. The molecular formula is C16H17BrN2O. The summed E-state index contributed by atoms with van der Waals surface area (Å²) in [5, 5.41) is 2.89. The van der Waals surface area contributed by atoms with Gasteiger partial charge < -0.3 is 11.1 Å². The molecule has 0 bridgehead atoms. The number of hydrogen-bond acceptors (Lipinski definition) is 2. The molecule has 3 N–H and O–H groups in total. The fraction of sp³-hybridized carbons (Fsp3) is 0.188. The van der Waals surface area contributed by atoms with Crippen molar-refractivity contribution >= 4 is 27.5 Å². The van der Waals surface area contributed by atoms with Crippen molar-refractivity contribution in [2.24, 2.45) is 5.73 Å². The highest BCUT2D eigenvalue weighted by Gasteiger charge is 2.17. The Morgan fingerprint density at radius 1 is 1.20 bits per heavy atom. The molecular weight excluding hydrogens is 316 g/mol. The first-order chi connectivity index (χ1) is 9.49. The maximum absolute atomic E-state index is 12.2. The molecule has 0 fully saturated rings. The zero-order valence-corrected chi connectivity index (χ0v) is 13.1. The summed E-state index contributed by atoms with van der Waals surface area (Å²) < 4.78 is 0.864. The van der Waals surface area contributed by atoms with Gasteiger partial charge in [-0.15, -0.1) is 0 Å². The minimum atomic E-state index is -0.677. The summed E-state index contributed by atoms with van der Waals surface area (Å²) in [5.74, 6) is -0.219. The van der Waals surface area contributed by atoms with Crippen molar-refractivity contribution in [3.05, 3.63) is 63.6 Å². The van der Waals surface area contributed by atoms with E-state index in [0.29, 0.717) is 0 Å². The van der Waals surface area contributed by atoms with Gasteiger partial charge in [0, 0.05) is 4.47 Å². The van der Waals surface area contributed by atoms with Gasteiger partial charge >= 0.3 is 0 Å². The SMILES string of the molecule is Cc1cc(C)c(NC(=O)[C@H](N)c2ccccc2)c(Br)c1. The second-order valence-electron chi connectivity index (χ2n) is 4.82. The summed E-state index contributed by atoms with van der Waals surface area (Å²) in [5.41, 5.74) is 9.70. The van der Waals surface area contributed by atoms with E-state index in [-0.39, 0.29) is 5.91 Å². The lowest BCUT2D eigenvalue weighted by atomic mass is 10.1. The highest BCUT2D eigenvalue weighted by Crippen LogP contribution is 2.28. The van der Waals surface area contributed by atoms with Gasteiger partial charge in [0.25, 0.3) is 0 Å². The maximum Gasteiger partial charge on any atom is 0.245 e. The number of aryl methyl sites for hydroxylation is 2. The van der Waals surface area contributed by atoms with Gasteiger partial charge in [0.15, 0.2) is 0 Å². The monoisotopic (exact) mass is 332 g/mol. The van der Waals surface area contributed by atoms with E-state index in [9.17, 15) is 4.79 Å². The van der Waals surface area contributed by atoms with Crippen LogP contribution in [0.3, 0.4) is 0 Å². The largest absolute Gasteiger partial charge is 0.323 e. The van der Waals surface area contributed by atoms with E-state index < -0.39 is 6.04 Å². The van der Waals surface area contributed by atoms with Gasteiger partial charge in [-0.05, 0) is 52.5 Å². The Morgan fingerprint density at radius 2 is 1.85 bits per heavy atom. The lowest BCUT2D eigenvalue weighted by Crippen LogP contribution is -2.28. The molecule has 3 nitrogen and oxygen atoms in total. The number of carbonyl (C=O) groups is 1. The summed E-state index contributed by atoms with van der Waals surface area (Å²) in [7, 11) is 0. The molecule has 2 aromatic carbocycles. The second kappa shape index (κ2) is 6.20. The van der Waals surface area contributed by atoms with Gasteiger partial charge in [0.1, 0.15) is 6.04 Å². The molecule has 1 amide bonds. The maximum atomic E-state index is 12.2. The van der Waals surface area contributed by atoms with Crippen molar-refractivity contribution in [1.29, 1.82) is 0 Å². The van der Waals surface area contributed by atoms with Crippen molar-refractivity contribution in [1.82, 2.24) is 0 Å². The molecule has 0 aliphatic heterocycles. The molecule has 104 valence electrons. The Bertz CT molecular complexity index is 603. The Kier molecular flexibility index (Phi) is 4.57. The second-order valence-corrected chi connectivity index (χ2v) is 5.67. The highest BCUT2D eigenvalue weighted by atomic mass is 79.9. The molecule has 0 aliphatic carbocycles. The average molecular weight is 333 g/mol. The van der Waals surface area contributed by atoms with Crippen molar-refractivity contribution in [2.45, 2.75) is 19.9 Å². The predicted molar refractivity (Wildman–Crippen MR) is 85.6 cm³/mol. The zero-order valence-electron chi connectivity index (χ0n) is 11.5. The molecule has 0 aromatic heterocycles. The molecule has 4 heteroatoms. The van der Waals surface area contributed by atoms with Crippen LogP contribution in [0, 0.1) is 13.8 Å². The molecule has 2 rings (SSSR count). The number of nitrogens with one attached hydrogen (secondary N) is 1. The molecule has 2 aromatic rings. The van der Waals surface area contributed by atoms with Gasteiger partial charge in [-0.2, -0.15) is 0 Å². The summed E-state index contributed by atoms with van der Waals surface area (Å²) in [6.45, 7) is 3.97. The van der Waals surface area contributed by atoms with Crippen LogP contribution in [0.25, 0.3) is 0 Å². The lowest BCUT2D eigenvalue weighted by molar-refractivity contribution is -0.117. The summed E-state index contributed by atoms with van der Waals surface area (Å²) in [6.07, 6.45) is 0. The fourth-order valence-corrected chi connectivity index (χ4v) is 2.86. The first-order valence-corrected chi connectivity index (χ1v) is 7.16. The van der Waals surface area contributed by atoms with E-state index >= 15 is 0 Å². The minimum absolute atomic E-state index is 0.219. The van der Waals surface area contributed by atoms with Crippen molar-refractivity contribution in [2.75, 3.05) is 5.32 Å². The summed E-state index contributed by atoms with van der Waals surface area (Å²) in [6, 6.07) is 12.6. The first kappa shape index (κ1) is 14.8. The first-order valence-electron chi connectivity index (χ1n) is 6.37. The third kappa shape index (κ3) is 3.26. The Morgan fingerprint density at radius 3 is 2.45 bits per heavy atom. The van der Waals surface area contributed by atoms with E-state index in [1.807, 2.05) is 56.3 Å². The topological polar surface area (TPSA) is 55.1 Å². The van der Waals surface area contributed by atoms with E-state index in [4.69, 9.17) is 5.73 Å². The molecule has 1 atom stereocenters. The molecule has 0 aliphatic rings.